The van der Waals surface area contributed by atoms with E-state index in [0.717, 1.165) is 12.0 Å². The summed E-state index contributed by atoms with van der Waals surface area (Å²) in [4.78, 5) is 12.0. The molecule has 2 aromatic rings. The van der Waals surface area contributed by atoms with Crippen LogP contribution in [-0.2, 0) is 21.2 Å². The zero-order valence-corrected chi connectivity index (χ0v) is 15.5. The Morgan fingerprint density at radius 3 is 2.46 bits per heavy atom. The molecule has 0 aliphatic carbocycles. The molecule has 0 aromatic heterocycles. The normalized spacial score (nSPS) is 13.7. The summed E-state index contributed by atoms with van der Waals surface area (Å²) >= 11 is 5.81. The molecule has 0 saturated heterocycles. The second-order valence-corrected chi connectivity index (χ2v) is 7.93. The number of hydrogen-bond donors (Lipinski definition) is 1. The van der Waals surface area contributed by atoms with Gasteiger partial charge in [0.25, 0.3) is 10.0 Å². The largest absolute Gasteiger partial charge is 0.490 e. The molecule has 1 aliphatic rings. The maximum atomic E-state index is 12.4. The van der Waals surface area contributed by atoms with Crippen LogP contribution in [0.2, 0.25) is 5.02 Å². The fourth-order valence-electron chi connectivity index (χ4n) is 2.48. The Morgan fingerprint density at radius 2 is 1.73 bits per heavy atom. The minimum absolute atomic E-state index is 0.0402. The number of benzene rings is 2. The highest BCUT2D eigenvalue weighted by Crippen LogP contribution is 2.31. The molecule has 6 nitrogen and oxygen atoms in total. The Hall–Kier alpha value is -2.25. The van der Waals surface area contributed by atoms with Crippen LogP contribution in [0.1, 0.15) is 18.4 Å². The van der Waals surface area contributed by atoms with Crippen molar-refractivity contribution >= 4 is 27.5 Å². The lowest BCUT2D eigenvalue weighted by Crippen LogP contribution is -2.30. The van der Waals surface area contributed by atoms with E-state index in [1.807, 2.05) is 0 Å². The molecular weight excluding hydrogens is 378 g/mol. The van der Waals surface area contributed by atoms with E-state index in [2.05, 4.69) is 4.72 Å². The minimum atomic E-state index is -3.97. The SMILES string of the molecule is O=C(CCc1ccc(Cl)cc1)NS(=O)(=O)c1ccc2c(c1)OCCCO2. The summed E-state index contributed by atoms with van der Waals surface area (Å²) in [5.41, 5.74) is 0.900. The number of nitrogens with one attached hydrogen (secondary N) is 1. The Balaban J connectivity index is 1.65. The van der Waals surface area contributed by atoms with Gasteiger partial charge >= 0.3 is 0 Å². The van der Waals surface area contributed by atoms with Gasteiger partial charge in [0.2, 0.25) is 5.91 Å². The number of sulfonamides is 1. The third-order valence-corrected chi connectivity index (χ3v) is 5.45. The molecule has 0 unspecified atom stereocenters. The van der Waals surface area contributed by atoms with Gasteiger partial charge in [-0.1, -0.05) is 23.7 Å². The highest BCUT2D eigenvalue weighted by Gasteiger charge is 2.21. The first-order chi connectivity index (χ1) is 12.4. The third kappa shape index (κ3) is 4.68. The number of amides is 1. The van der Waals surface area contributed by atoms with Gasteiger partial charge in [0.15, 0.2) is 11.5 Å². The summed E-state index contributed by atoms with van der Waals surface area (Å²) in [7, 11) is -3.97. The molecule has 0 spiro atoms. The van der Waals surface area contributed by atoms with E-state index in [9.17, 15) is 13.2 Å². The highest BCUT2D eigenvalue weighted by atomic mass is 35.5. The molecule has 0 bridgehead atoms. The molecule has 138 valence electrons. The van der Waals surface area contributed by atoms with Crippen molar-refractivity contribution in [2.75, 3.05) is 13.2 Å². The smallest absolute Gasteiger partial charge is 0.264 e. The molecule has 0 radical (unpaired) electrons. The molecule has 3 rings (SSSR count). The van der Waals surface area contributed by atoms with E-state index in [0.29, 0.717) is 36.2 Å². The van der Waals surface area contributed by atoms with Crippen LogP contribution in [-0.4, -0.2) is 27.5 Å². The summed E-state index contributed by atoms with van der Waals surface area (Å²) in [6, 6.07) is 11.3. The van der Waals surface area contributed by atoms with Crippen LogP contribution in [0.5, 0.6) is 11.5 Å². The lowest BCUT2D eigenvalue weighted by molar-refractivity contribution is -0.119. The van der Waals surface area contributed by atoms with Crippen molar-refractivity contribution < 1.29 is 22.7 Å². The second kappa shape index (κ2) is 7.97. The predicted molar refractivity (Wildman–Crippen MR) is 97.2 cm³/mol. The van der Waals surface area contributed by atoms with Gasteiger partial charge in [-0.3, -0.25) is 4.79 Å². The van der Waals surface area contributed by atoms with Gasteiger partial charge in [-0.2, -0.15) is 0 Å². The molecule has 0 atom stereocenters. The van der Waals surface area contributed by atoms with Crippen molar-refractivity contribution in [1.29, 1.82) is 0 Å². The van der Waals surface area contributed by atoms with Gasteiger partial charge < -0.3 is 9.47 Å². The molecular formula is C18H18ClNO5S. The van der Waals surface area contributed by atoms with Crippen LogP contribution in [0, 0.1) is 0 Å². The highest BCUT2D eigenvalue weighted by molar-refractivity contribution is 7.90. The van der Waals surface area contributed by atoms with Crippen LogP contribution < -0.4 is 14.2 Å². The molecule has 1 aliphatic heterocycles. The average molecular weight is 396 g/mol. The third-order valence-electron chi connectivity index (χ3n) is 3.83. The standard InChI is InChI=1S/C18H18ClNO5S/c19-14-5-2-13(3-6-14)4-9-18(21)20-26(22,23)15-7-8-16-17(12-15)25-11-1-10-24-16/h2-3,5-8,12H,1,4,9-11H2,(H,20,21). The molecule has 26 heavy (non-hydrogen) atoms. The number of aryl methyl sites for hydroxylation is 1. The number of carbonyl (C=O) groups excluding carboxylic acids is 1. The zero-order valence-electron chi connectivity index (χ0n) is 13.9. The number of halogens is 1. The van der Waals surface area contributed by atoms with Gasteiger partial charge in [0, 0.05) is 23.9 Å². The molecule has 1 amide bonds. The number of hydrogen-bond acceptors (Lipinski definition) is 5. The fraction of sp³-hybridized carbons (Fsp3) is 0.278. The van der Waals surface area contributed by atoms with E-state index in [4.69, 9.17) is 21.1 Å². The van der Waals surface area contributed by atoms with E-state index >= 15 is 0 Å². The van der Waals surface area contributed by atoms with Gasteiger partial charge in [-0.15, -0.1) is 0 Å². The zero-order chi connectivity index (χ0) is 18.6. The van der Waals surface area contributed by atoms with Gasteiger partial charge in [-0.25, -0.2) is 13.1 Å². The average Bonchev–Trinajstić information content (AvgIpc) is 2.85. The number of ether oxygens (including phenoxy) is 2. The quantitative estimate of drug-likeness (QED) is 0.841. The Kier molecular flexibility index (Phi) is 5.68. The summed E-state index contributed by atoms with van der Waals surface area (Å²) in [5, 5.41) is 0.607. The lowest BCUT2D eigenvalue weighted by atomic mass is 10.1. The first-order valence-corrected chi connectivity index (χ1v) is 10.00. The van der Waals surface area contributed by atoms with E-state index < -0.39 is 15.9 Å². The summed E-state index contributed by atoms with van der Waals surface area (Å²) < 4.78 is 37.9. The van der Waals surface area contributed by atoms with E-state index in [-0.39, 0.29) is 11.3 Å². The van der Waals surface area contributed by atoms with Gasteiger partial charge in [0.1, 0.15) is 0 Å². The monoisotopic (exact) mass is 395 g/mol. The van der Waals surface area contributed by atoms with Crippen LogP contribution in [0.3, 0.4) is 0 Å². The second-order valence-electron chi connectivity index (χ2n) is 5.81. The van der Waals surface area contributed by atoms with Crippen molar-refractivity contribution in [3.05, 3.63) is 53.1 Å². The molecule has 8 heteroatoms. The topological polar surface area (TPSA) is 81.7 Å². The summed E-state index contributed by atoms with van der Waals surface area (Å²) in [5.74, 6) is 0.279. The molecule has 1 heterocycles. The van der Waals surface area contributed by atoms with Crippen molar-refractivity contribution in [2.24, 2.45) is 0 Å². The van der Waals surface area contributed by atoms with Crippen molar-refractivity contribution in [3.63, 3.8) is 0 Å². The lowest BCUT2D eigenvalue weighted by Gasteiger charge is -2.11. The minimum Gasteiger partial charge on any atom is -0.490 e. The number of carbonyl (C=O) groups is 1. The maximum Gasteiger partial charge on any atom is 0.264 e. The summed E-state index contributed by atoms with van der Waals surface area (Å²) in [6.45, 7) is 0.963. The molecule has 0 saturated carbocycles. The van der Waals surface area contributed by atoms with Gasteiger partial charge in [0.05, 0.1) is 18.1 Å². The molecule has 0 fully saturated rings. The Labute approximate surface area is 157 Å². The molecule has 1 N–H and O–H groups in total. The van der Waals surface area contributed by atoms with Crippen LogP contribution >= 0.6 is 11.6 Å². The predicted octanol–water partition coefficient (Wildman–Crippen LogP) is 2.94. The van der Waals surface area contributed by atoms with Crippen molar-refractivity contribution in [1.82, 2.24) is 4.72 Å². The maximum absolute atomic E-state index is 12.4. The Bertz CT molecular complexity index is 896. The van der Waals surface area contributed by atoms with Crippen LogP contribution in [0.25, 0.3) is 0 Å². The van der Waals surface area contributed by atoms with Crippen LogP contribution in [0.15, 0.2) is 47.4 Å². The Morgan fingerprint density at radius 1 is 1.04 bits per heavy atom. The fourth-order valence-corrected chi connectivity index (χ4v) is 3.63. The van der Waals surface area contributed by atoms with E-state index in [1.165, 1.54) is 18.2 Å². The molecule has 2 aromatic carbocycles. The number of fused-ring (bicyclic) bond motifs is 1. The first-order valence-electron chi connectivity index (χ1n) is 8.14. The van der Waals surface area contributed by atoms with Crippen LogP contribution in [0.4, 0.5) is 0 Å². The summed E-state index contributed by atoms with van der Waals surface area (Å²) in [6.07, 6.45) is 1.18. The van der Waals surface area contributed by atoms with E-state index in [1.54, 1.807) is 24.3 Å². The number of rotatable bonds is 5. The van der Waals surface area contributed by atoms with Crippen molar-refractivity contribution in [2.45, 2.75) is 24.2 Å². The van der Waals surface area contributed by atoms with Gasteiger partial charge in [-0.05, 0) is 36.2 Å². The van der Waals surface area contributed by atoms with Crippen molar-refractivity contribution in [3.8, 4) is 11.5 Å². The first kappa shape index (κ1) is 18.5.